The van der Waals surface area contributed by atoms with Crippen LogP contribution in [0.25, 0.3) is 0 Å². The molecule has 1 spiro atoms. The molecule has 5 N–H and O–H groups in total. The number of rotatable bonds is 4. The van der Waals surface area contributed by atoms with Gasteiger partial charge in [0.25, 0.3) is 5.91 Å². The minimum Gasteiger partial charge on any atom is -0.504 e. The molecule has 0 aromatic heterocycles. The van der Waals surface area contributed by atoms with Crippen LogP contribution in [-0.2, 0) is 11.8 Å². The van der Waals surface area contributed by atoms with E-state index in [1.807, 2.05) is 12.1 Å². The van der Waals surface area contributed by atoms with E-state index in [-0.39, 0.29) is 23.7 Å². The smallest absolute Gasteiger partial charge is 0.253 e. The predicted molar refractivity (Wildman–Crippen MR) is 127 cm³/mol. The van der Waals surface area contributed by atoms with Crippen LogP contribution in [0.15, 0.2) is 36.4 Å². The first-order valence-corrected chi connectivity index (χ1v) is 12.6. The first-order chi connectivity index (χ1) is 16.4. The number of amides is 1. The molecule has 7 heteroatoms. The lowest BCUT2D eigenvalue weighted by atomic mass is 9.48. The third-order valence-corrected chi connectivity index (χ3v) is 9.28. The number of nitrogens with one attached hydrogen (secondary N) is 1. The zero-order valence-electron chi connectivity index (χ0n) is 19.2. The highest BCUT2D eigenvalue weighted by Crippen LogP contribution is 2.65. The number of likely N-dealkylation sites (tertiary alicyclic amines) is 1. The van der Waals surface area contributed by atoms with Crippen LogP contribution in [0.3, 0.4) is 0 Å². The van der Waals surface area contributed by atoms with Crippen molar-refractivity contribution < 1.29 is 19.7 Å². The van der Waals surface area contributed by atoms with E-state index in [4.69, 9.17) is 10.5 Å². The van der Waals surface area contributed by atoms with Crippen LogP contribution < -0.4 is 15.8 Å². The van der Waals surface area contributed by atoms with Gasteiger partial charge in [0.1, 0.15) is 6.10 Å². The molecule has 3 aliphatic carbocycles. The molecule has 7 rings (SSSR count). The van der Waals surface area contributed by atoms with Crippen LogP contribution in [0.2, 0.25) is 0 Å². The summed E-state index contributed by atoms with van der Waals surface area (Å²) in [6.07, 6.45) is 4.84. The SMILES string of the molecule is Nc1ccccc1C(=O)N[C@@H]1CC[C@@]2(O)[C@H]3Cc4ccc(O)c5c4[C@@]2(CCN3CC2CC2)[C@H]1O5. The third kappa shape index (κ3) is 2.57. The van der Waals surface area contributed by atoms with E-state index < -0.39 is 17.1 Å². The number of carbonyl (C=O) groups is 1. The Balaban J connectivity index is 1.30. The molecule has 7 nitrogen and oxygen atoms in total. The van der Waals surface area contributed by atoms with Gasteiger partial charge in [-0.15, -0.1) is 0 Å². The number of nitrogens with two attached hydrogens (primary N) is 1. The summed E-state index contributed by atoms with van der Waals surface area (Å²) in [5.41, 5.74) is 7.48. The Morgan fingerprint density at radius 2 is 2.00 bits per heavy atom. The number of anilines is 1. The molecular weight excluding hydrogens is 430 g/mol. The number of hydrogen-bond acceptors (Lipinski definition) is 6. The highest BCUT2D eigenvalue weighted by atomic mass is 16.5. The maximum Gasteiger partial charge on any atom is 0.253 e. The van der Waals surface area contributed by atoms with Crippen molar-refractivity contribution in [3.05, 3.63) is 53.1 Å². The zero-order valence-corrected chi connectivity index (χ0v) is 19.2. The number of nitrogens with zero attached hydrogens (tertiary/aromatic N) is 1. The van der Waals surface area contributed by atoms with Crippen molar-refractivity contribution in [1.82, 2.24) is 10.2 Å². The second-order valence-corrected chi connectivity index (χ2v) is 11.0. The molecule has 178 valence electrons. The van der Waals surface area contributed by atoms with E-state index in [1.54, 1.807) is 24.3 Å². The first kappa shape index (κ1) is 20.6. The summed E-state index contributed by atoms with van der Waals surface area (Å²) in [6.45, 7) is 1.94. The Kier molecular flexibility index (Phi) is 4.17. The van der Waals surface area contributed by atoms with Gasteiger partial charge in [-0.05, 0) is 74.8 Å². The number of para-hydroxylation sites is 1. The van der Waals surface area contributed by atoms with Crippen molar-refractivity contribution >= 4 is 11.6 Å². The third-order valence-electron chi connectivity index (χ3n) is 9.28. The molecule has 2 aromatic carbocycles. The number of benzene rings is 2. The molecule has 2 aliphatic heterocycles. The molecular formula is C27H31N3O4. The first-order valence-electron chi connectivity index (χ1n) is 12.6. The monoisotopic (exact) mass is 461 g/mol. The van der Waals surface area contributed by atoms with Crippen LogP contribution in [0, 0.1) is 5.92 Å². The van der Waals surface area contributed by atoms with Gasteiger partial charge in [0.15, 0.2) is 11.5 Å². The molecule has 5 aliphatic rings. The Hall–Kier alpha value is -2.77. The van der Waals surface area contributed by atoms with Gasteiger partial charge in [0.2, 0.25) is 0 Å². The predicted octanol–water partition coefficient (Wildman–Crippen LogP) is 2.34. The van der Waals surface area contributed by atoms with Gasteiger partial charge in [-0.25, -0.2) is 0 Å². The van der Waals surface area contributed by atoms with Gasteiger partial charge in [-0.3, -0.25) is 9.69 Å². The lowest BCUT2D eigenvalue weighted by Gasteiger charge is -2.64. The van der Waals surface area contributed by atoms with E-state index >= 15 is 0 Å². The molecule has 1 amide bonds. The number of nitrogen functional groups attached to an aromatic ring is 1. The van der Waals surface area contributed by atoms with E-state index in [2.05, 4.69) is 10.2 Å². The van der Waals surface area contributed by atoms with Crippen LogP contribution in [0.4, 0.5) is 5.69 Å². The van der Waals surface area contributed by atoms with Gasteiger partial charge in [-0.2, -0.15) is 0 Å². The van der Waals surface area contributed by atoms with Crippen molar-refractivity contribution in [1.29, 1.82) is 0 Å². The lowest BCUT2D eigenvalue weighted by molar-refractivity contribution is -0.191. The van der Waals surface area contributed by atoms with E-state index in [9.17, 15) is 15.0 Å². The van der Waals surface area contributed by atoms with Gasteiger partial charge >= 0.3 is 0 Å². The topological polar surface area (TPSA) is 108 Å². The summed E-state index contributed by atoms with van der Waals surface area (Å²) in [7, 11) is 0. The summed E-state index contributed by atoms with van der Waals surface area (Å²) in [5.74, 6) is 1.13. The quantitative estimate of drug-likeness (QED) is 0.521. The van der Waals surface area contributed by atoms with Crippen LogP contribution in [0.1, 0.15) is 53.6 Å². The molecule has 2 bridgehead atoms. The molecule has 34 heavy (non-hydrogen) atoms. The maximum atomic E-state index is 13.2. The van der Waals surface area contributed by atoms with Crippen molar-refractivity contribution in [2.45, 2.75) is 67.7 Å². The fourth-order valence-corrected chi connectivity index (χ4v) is 7.58. The van der Waals surface area contributed by atoms with Gasteiger partial charge < -0.3 is 26.0 Å². The Labute approximate surface area is 198 Å². The number of piperidine rings is 1. The van der Waals surface area contributed by atoms with Crippen molar-refractivity contribution in [2.75, 3.05) is 18.8 Å². The lowest BCUT2D eigenvalue weighted by Crippen LogP contribution is -2.78. The molecule has 2 heterocycles. The van der Waals surface area contributed by atoms with E-state index in [0.717, 1.165) is 43.0 Å². The average Bonchev–Trinajstić information content (AvgIpc) is 3.56. The summed E-state index contributed by atoms with van der Waals surface area (Å²) < 4.78 is 6.51. The van der Waals surface area contributed by atoms with Crippen molar-refractivity contribution in [3.63, 3.8) is 0 Å². The maximum absolute atomic E-state index is 13.2. The number of hydrogen-bond donors (Lipinski definition) is 4. The molecule has 2 aromatic rings. The number of phenolic OH excluding ortho intramolecular Hbond substituents is 1. The summed E-state index contributed by atoms with van der Waals surface area (Å²) >= 11 is 0. The molecule has 2 saturated carbocycles. The van der Waals surface area contributed by atoms with Crippen LogP contribution in [0.5, 0.6) is 11.5 Å². The average molecular weight is 462 g/mol. The van der Waals surface area contributed by atoms with Gasteiger partial charge in [0, 0.05) is 23.8 Å². The largest absolute Gasteiger partial charge is 0.504 e. The standard InChI is InChI=1S/C27H31N3O4/c28-18-4-2-1-3-17(18)25(32)29-19-9-10-27(33)21-13-16-7-8-20(31)23-22(16)26(27,24(19)34-23)11-12-30(21)14-15-5-6-15/h1-4,7-8,15,19,21,24,31,33H,5-6,9-14,28H2,(H,29,32)/t19-,21-,24+,26+,27-/m1/s1. The molecule has 0 radical (unpaired) electrons. The van der Waals surface area contributed by atoms with Crippen LogP contribution >= 0.6 is 0 Å². The summed E-state index contributed by atoms with van der Waals surface area (Å²) in [5, 5.41) is 26.4. The summed E-state index contributed by atoms with van der Waals surface area (Å²) in [4.78, 5) is 15.7. The van der Waals surface area contributed by atoms with E-state index in [1.165, 1.54) is 12.8 Å². The number of ether oxygens (including phenoxy) is 1. The molecule has 3 fully saturated rings. The van der Waals surface area contributed by atoms with Crippen molar-refractivity contribution in [2.24, 2.45) is 5.92 Å². The minimum absolute atomic E-state index is 0.0253. The molecule has 5 atom stereocenters. The Morgan fingerprint density at radius 1 is 1.18 bits per heavy atom. The number of phenols is 1. The highest BCUT2D eigenvalue weighted by molar-refractivity contribution is 5.99. The van der Waals surface area contributed by atoms with E-state index in [0.29, 0.717) is 29.8 Å². The Morgan fingerprint density at radius 3 is 2.79 bits per heavy atom. The second-order valence-electron chi connectivity index (χ2n) is 11.0. The molecule has 1 saturated heterocycles. The summed E-state index contributed by atoms with van der Waals surface area (Å²) in [6, 6.07) is 10.5. The number of aliphatic hydroxyl groups is 1. The second kappa shape index (κ2) is 6.89. The number of carbonyl (C=O) groups excluding carboxylic acids is 1. The zero-order chi connectivity index (χ0) is 23.2. The van der Waals surface area contributed by atoms with Gasteiger partial charge in [-0.1, -0.05) is 18.2 Å². The van der Waals surface area contributed by atoms with Gasteiger partial charge in [0.05, 0.1) is 22.6 Å². The van der Waals surface area contributed by atoms with Crippen molar-refractivity contribution in [3.8, 4) is 11.5 Å². The molecule has 0 unspecified atom stereocenters. The highest BCUT2D eigenvalue weighted by Gasteiger charge is 2.73. The normalized spacial score (nSPS) is 35.4. The van der Waals surface area contributed by atoms with Crippen LogP contribution in [-0.4, -0.2) is 57.9 Å². The Bertz CT molecular complexity index is 1200. The fraction of sp³-hybridized carbons (Fsp3) is 0.519. The number of aromatic hydroxyl groups is 1. The fourth-order valence-electron chi connectivity index (χ4n) is 7.58. The minimum atomic E-state index is -0.955.